The van der Waals surface area contributed by atoms with Crippen molar-refractivity contribution in [3.05, 3.63) is 23.8 Å². The fourth-order valence-corrected chi connectivity index (χ4v) is 3.30. The topological polar surface area (TPSA) is 51.2 Å². The van der Waals surface area contributed by atoms with Crippen LogP contribution in [0.1, 0.15) is 12.0 Å². The second-order valence-electron chi connectivity index (χ2n) is 5.96. The third-order valence-electron chi connectivity index (χ3n) is 4.64. The van der Waals surface area contributed by atoms with E-state index in [4.69, 9.17) is 14.2 Å². The Morgan fingerprint density at radius 1 is 1.17 bits per heavy atom. The molecule has 0 bridgehead atoms. The molecular weight excluding hydrogens is 296 g/mol. The molecule has 0 N–H and O–H groups in total. The molecule has 1 aromatic rings. The van der Waals surface area contributed by atoms with Gasteiger partial charge in [-0.15, -0.1) is 0 Å². The van der Waals surface area contributed by atoms with Crippen molar-refractivity contribution in [2.24, 2.45) is 0 Å². The molecule has 2 aliphatic heterocycles. The maximum atomic E-state index is 11.7. The smallest absolute Gasteiger partial charge is 0.323 e. The molecule has 6 heteroatoms. The molecule has 0 saturated carbocycles. The van der Waals surface area contributed by atoms with Gasteiger partial charge >= 0.3 is 5.97 Å². The Labute approximate surface area is 136 Å². The quantitative estimate of drug-likeness (QED) is 0.758. The number of methoxy groups -OCH3 is 2. The predicted molar refractivity (Wildman–Crippen MR) is 85.8 cm³/mol. The Balaban J connectivity index is 1.59. The van der Waals surface area contributed by atoms with Gasteiger partial charge < -0.3 is 14.2 Å². The third kappa shape index (κ3) is 3.59. The van der Waals surface area contributed by atoms with E-state index in [0.29, 0.717) is 6.61 Å². The summed E-state index contributed by atoms with van der Waals surface area (Å²) in [5.41, 5.74) is 1.13. The first-order chi connectivity index (χ1) is 11.2. The number of benzene rings is 1. The molecule has 6 nitrogen and oxygen atoms in total. The van der Waals surface area contributed by atoms with Crippen molar-refractivity contribution in [2.45, 2.75) is 19.0 Å². The van der Waals surface area contributed by atoms with Gasteiger partial charge in [-0.25, -0.2) is 0 Å². The Hall–Kier alpha value is -1.79. The maximum absolute atomic E-state index is 11.7. The van der Waals surface area contributed by atoms with Crippen molar-refractivity contribution in [1.82, 2.24) is 9.80 Å². The first-order valence-electron chi connectivity index (χ1n) is 8.05. The van der Waals surface area contributed by atoms with Crippen molar-refractivity contribution in [3.8, 4) is 11.5 Å². The number of esters is 1. The minimum Gasteiger partial charge on any atom is -0.497 e. The van der Waals surface area contributed by atoms with Crippen LogP contribution >= 0.6 is 0 Å². The molecule has 1 unspecified atom stereocenters. The zero-order chi connectivity index (χ0) is 16.2. The molecule has 0 spiro atoms. The van der Waals surface area contributed by atoms with Crippen molar-refractivity contribution in [3.63, 3.8) is 0 Å². The van der Waals surface area contributed by atoms with Gasteiger partial charge in [0.2, 0.25) is 0 Å². The molecule has 23 heavy (non-hydrogen) atoms. The minimum atomic E-state index is -0.0621. The standard InChI is InChI=1S/C17H24N2O4/c1-21-14-3-4-16(22-2)13(11-14)12-18-6-8-19(9-7-18)15-5-10-23-17(15)20/h3-4,11,15H,5-10,12H2,1-2H3. The molecule has 0 aromatic heterocycles. The lowest BCUT2D eigenvalue weighted by atomic mass is 10.1. The van der Waals surface area contributed by atoms with Gasteiger partial charge in [0.05, 0.1) is 20.8 Å². The van der Waals surface area contributed by atoms with Crippen LogP contribution < -0.4 is 9.47 Å². The summed E-state index contributed by atoms with van der Waals surface area (Å²) in [5, 5.41) is 0. The molecule has 0 radical (unpaired) electrons. The monoisotopic (exact) mass is 320 g/mol. The molecule has 2 aliphatic rings. The van der Waals surface area contributed by atoms with Crippen LogP contribution in [0, 0.1) is 0 Å². The molecular formula is C17H24N2O4. The fourth-order valence-electron chi connectivity index (χ4n) is 3.30. The van der Waals surface area contributed by atoms with Gasteiger partial charge in [0.15, 0.2) is 0 Å². The molecule has 1 atom stereocenters. The number of nitrogens with zero attached hydrogens (tertiary/aromatic N) is 2. The fraction of sp³-hybridized carbons (Fsp3) is 0.588. The average Bonchev–Trinajstić information content (AvgIpc) is 3.01. The van der Waals surface area contributed by atoms with E-state index < -0.39 is 0 Å². The number of carbonyl (C=O) groups excluding carboxylic acids is 1. The third-order valence-corrected chi connectivity index (χ3v) is 4.64. The highest BCUT2D eigenvalue weighted by Crippen LogP contribution is 2.26. The Kier molecular flexibility index (Phi) is 5.03. The summed E-state index contributed by atoms with van der Waals surface area (Å²) < 4.78 is 15.8. The van der Waals surface area contributed by atoms with Crippen LogP contribution in [-0.2, 0) is 16.1 Å². The normalized spacial score (nSPS) is 22.9. The van der Waals surface area contributed by atoms with Crippen molar-refractivity contribution in [2.75, 3.05) is 47.0 Å². The summed E-state index contributed by atoms with van der Waals surface area (Å²) in [5.74, 6) is 1.66. The van der Waals surface area contributed by atoms with E-state index in [9.17, 15) is 4.79 Å². The Morgan fingerprint density at radius 2 is 1.96 bits per heavy atom. The summed E-state index contributed by atoms with van der Waals surface area (Å²) in [7, 11) is 3.36. The highest BCUT2D eigenvalue weighted by molar-refractivity contribution is 5.77. The minimum absolute atomic E-state index is 0.0384. The lowest BCUT2D eigenvalue weighted by Gasteiger charge is -2.36. The number of carbonyl (C=O) groups is 1. The number of ether oxygens (including phenoxy) is 3. The van der Waals surface area contributed by atoms with Crippen LogP contribution in [0.25, 0.3) is 0 Å². The first kappa shape index (κ1) is 16.1. The zero-order valence-corrected chi connectivity index (χ0v) is 13.8. The average molecular weight is 320 g/mol. The highest BCUT2D eigenvalue weighted by Gasteiger charge is 2.34. The maximum Gasteiger partial charge on any atom is 0.323 e. The van der Waals surface area contributed by atoms with Crippen molar-refractivity contribution in [1.29, 1.82) is 0 Å². The van der Waals surface area contributed by atoms with E-state index in [1.54, 1.807) is 14.2 Å². The van der Waals surface area contributed by atoms with Crippen molar-refractivity contribution >= 4 is 5.97 Å². The molecule has 0 amide bonds. The van der Waals surface area contributed by atoms with Gasteiger partial charge in [0.1, 0.15) is 17.5 Å². The Morgan fingerprint density at radius 3 is 2.57 bits per heavy atom. The summed E-state index contributed by atoms with van der Waals surface area (Å²) in [4.78, 5) is 16.3. The largest absolute Gasteiger partial charge is 0.497 e. The number of cyclic esters (lactones) is 1. The summed E-state index contributed by atoms with van der Waals surface area (Å²) in [6, 6.07) is 5.84. The molecule has 126 valence electrons. The van der Waals surface area contributed by atoms with Crippen LogP contribution in [0.4, 0.5) is 0 Å². The van der Waals surface area contributed by atoms with Gasteiger partial charge in [-0.3, -0.25) is 14.6 Å². The lowest BCUT2D eigenvalue weighted by molar-refractivity contribution is -0.142. The SMILES string of the molecule is COc1ccc(OC)c(CN2CCN(C3CCOC3=O)CC2)c1. The van der Waals surface area contributed by atoms with E-state index in [1.807, 2.05) is 18.2 Å². The Bertz CT molecular complexity index is 556. The molecule has 2 fully saturated rings. The van der Waals surface area contributed by atoms with E-state index in [1.165, 1.54) is 0 Å². The number of hydrogen-bond donors (Lipinski definition) is 0. The van der Waals surface area contributed by atoms with Gasteiger partial charge in [0, 0.05) is 44.7 Å². The second-order valence-corrected chi connectivity index (χ2v) is 5.96. The second kappa shape index (κ2) is 7.19. The lowest BCUT2D eigenvalue weighted by Crippen LogP contribution is -2.51. The van der Waals surface area contributed by atoms with Gasteiger partial charge in [-0.1, -0.05) is 0 Å². The summed E-state index contributed by atoms with van der Waals surface area (Å²) in [6.45, 7) is 5.04. The zero-order valence-electron chi connectivity index (χ0n) is 13.8. The number of piperazine rings is 1. The van der Waals surface area contributed by atoms with Gasteiger partial charge in [0.25, 0.3) is 0 Å². The van der Waals surface area contributed by atoms with E-state index in [2.05, 4.69) is 9.80 Å². The van der Waals surface area contributed by atoms with Gasteiger partial charge in [-0.2, -0.15) is 0 Å². The van der Waals surface area contributed by atoms with Crippen LogP contribution in [0.5, 0.6) is 11.5 Å². The van der Waals surface area contributed by atoms with E-state index >= 15 is 0 Å². The molecule has 2 saturated heterocycles. The van der Waals surface area contributed by atoms with E-state index in [0.717, 1.165) is 56.2 Å². The van der Waals surface area contributed by atoms with Gasteiger partial charge in [-0.05, 0) is 18.2 Å². The van der Waals surface area contributed by atoms with E-state index in [-0.39, 0.29) is 12.0 Å². The molecule has 3 rings (SSSR count). The predicted octanol–water partition coefficient (Wildman–Crippen LogP) is 1.14. The summed E-state index contributed by atoms with van der Waals surface area (Å²) >= 11 is 0. The van der Waals surface area contributed by atoms with Crippen LogP contribution in [-0.4, -0.2) is 68.8 Å². The molecule has 2 heterocycles. The van der Waals surface area contributed by atoms with Crippen LogP contribution in [0.3, 0.4) is 0 Å². The number of hydrogen-bond acceptors (Lipinski definition) is 6. The number of rotatable bonds is 5. The summed E-state index contributed by atoms with van der Waals surface area (Å²) in [6.07, 6.45) is 0.822. The highest BCUT2D eigenvalue weighted by atomic mass is 16.5. The van der Waals surface area contributed by atoms with Crippen LogP contribution in [0.15, 0.2) is 18.2 Å². The molecule has 0 aliphatic carbocycles. The van der Waals surface area contributed by atoms with Crippen molar-refractivity contribution < 1.29 is 19.0 Å². The first-order valence-corrected chi connectivity index (χ1v) is 8.05. The molecule has 1 aromatic carbocycles. The van der Waals surface area contributed by atoms with Crippen LogP contribution in [0.2, 0.25) is 0 Å².